The Labute approximate surface area is 139 Å². The van der Waals surface area contributed by atoms with E-state index in [0.717, 1.165) is 16.0 Å². The number of carbonyl (C=O) groups excluding carboxylic acids is 1. The molecule has 1 heterocycles. The van der Waals surface area contributed by atoms with E-state index in [-0.39, 0.29) is 18.0 Å². The van der Waals surface area contributed by atoms with Crippen LogP contribution in [-0.2, 0) is 11.3 Å². The first-order valence-corrected chi connectivity index (χ1v) is 8.14. The van der Waals surface area contributed by atoms with Crippen LogP contribution in [-0.4, -0.2) is 22.7 Å². The average Bonchev–Trinajstić information content (AvgIpc) is 2.87. The summed E-state index contributed by atoms with van der Waals surface area (Å²) in [6, 6.07) is 7.57. The molecule has 1 aromatic heterocycles. The molecule has 1 aromatic carbocycles. The van der Waals surface area contributed by atoms with Gasteiger partial charge in [0, 0.05) is 4.90 Å². The summed E-state index contributed by atoms with van der Waals surface area (Å²) >= 11 is 1.48. The quantitative estimate of drug-likeness (QED) is 0.793. The van der Waals surface area contributed by atoms with Crippen molar-refractivity contribution in [2.24, 2.45) is 0 Å². The van der Waals surface area contributed by atoms with Gasteiger partial charge in [-0.1, -0.05) is 17.7 Å². The highest BCUT2D eigenvalue weighted by atomic mass is 32.2. The Bertz CT molecular complexity index is 736. The van der Waals surface area contributed by atoms with Crippen LogP contribution in [0, 0.1) is 20.8 Å². The summed E-state index contributed by atoms with van der Waals surface area (Å²) in [4.78, 5) is 23.9. The third-order valence-corrected chi connectivity index (χ3v) is 4.52. The van der Waals surface area contributed by atoms with Gasteiger partial charge in [0.15, 0.2) is 0 Å². The third kappa shape index (κ3) is 4.63. The number of aryl methyl sites for hydroxylation is 3. The van der Waals surface area contributed by atoms with Gasteiger partial charge in [-0.2, -0.15) is 0 Å². The molecule has 0 spiro atoms. The predicted octanol–water partition coefficient (Wildman–Crippen LogP) is 3.31. The minimum atomic E-state index is -1.03. The van der Waals surface area contributed by atoms with Crippen LogP contribution < -0.4 is 5.32 Å². The molecule has 2 N–H and O–H groups in total. The van der Waals surface area contributed by atoms with Crippen molar-refractivity contribution in [2.75, 3.05) is 5.75 Å². The molecular formula is C17H19NO4S. The van der Waals surface area contributed by atoms with Crippen molar-refractivity contribution in [3.8, 4) is 0 Å². The fraction of sp³-hybridized carbons (Fsp3) is 0.294. The molecule has 0 aliphatic carbocycles. The third-order valence-electron chi connectivity index (χ3n) is 3.36. The second kappa shape index (κ2) is 7.37. The first-order valence-electron chi connectivity index (χ1n) is 7.16. The number of carboxylic acids is 1. The highest BCUT2D eigenvalue weighted by Gasteiger charge is 2.14. The molecule has 122 valence electrons. The number of nitrogens with one attached hydrogen (secondary N) is 1. The Morgan fingerprint density at radius 2 is 1.96 bits per heavy atom. The monoisotopic (exact) mass is 333 g/mol. The highest BCUT2D eigenvalue weighted by molar-refractivity contribution is 8.00. The summed E-state index contributed by atoms with van der Waals surface area (Å²) in [6.07, 6.45) is 0. The molecule has 2 aromatic rings. The van der Waals surface area contributed by atoms with Crippen LogP contribution in [0.3, 0.4) is 0 Å². The lowest BCUT2D eigenvalue weighted by molar-refractivity contribution is -0.118. The summed E-state index contributed by atoms with van der Waals surface area (Å²) < 4.78 is 5.32. The molecule has 0 aliphatic heterocycles. The number of rotatable bonds is 6. The lowest BCUT2D eigenvalue weighted by Crippen LogP contribution is -2.24. The van der Waals surface area contributed by atoms with Crippen LogP contribution in [0.1, 0.15) is 33.0 Å². The van der Waals surface area contributed by atoms with Crippen LogP contribution >= 0.6 is 11.8 Å². The van der Waals surface area contributed by atoms with Gasteiger partial charge in [-0.25, -0.2) is 4.79 Å². The van der Waals surface area contributed by atoms with Gasteiger partial charge in [0.05, 0.1) is 12.3 Å². The number of hydrogen-bond acceptors (Lipinski definition) is 4. The molecule has 0 bridgehead atoms. The summed E-state index contributed by atoms with van der Waals surface area (Å²) in [5, 5.41) is 11.7. The topological polar surface area (TPSA) is 79.5 Å². The smallest absolute Gasteiger partial charge is 0.339 e. The van der Waals surface area contributed by atoms with Crippen molar-refractivity contribution < 1.29 is 19.1 Å². The fourth-order valence-electron chi connectivity index (χ4n) is 2.09. The standard InChI is InChI=1S/C17H19NO4S/c1-10-4-5-11(2)15(6-10)23-9-16(19)18-8-13-7-14(17(20)21)12(3)22-13/h4-7H,8-9H2,1-3H3,(H,18,19)(H,20,21). The Hall–Kier alpha value is -2.21. The van der Waals surface area contributed by atoms with Crippen molar-refractivity contribution in [1.29, 1.82) is 0 Å². The van der Waals surface area contributed by atoms with Crippen molar-refractivity contribution in [1.82, 2.24) is 5.32 Å². The maximum absolute atomic E-state index is 11.9. The zero-order valence-electron chi connectivity index (χ0n) is 13.3. The molecule has 0 aliphatic rings. The Morgan fingerprint density at radius 3 is 2.61 bits per heavy atom. The van der Waals surface area contributed by atoms with E-state index in [4.69, 9.17) is 9.52 Å². The molecule has 2 rings (SSSR count). The van der Waals surface area contributed by atoms with Crippen molar-refractivity contribution in [3.63, 3.8) is 0 Å². The van der Waals surface area contributed by atoms with E-state index in [2.05, 4.69) is 11.4 Å². The number of carboxylic acid groups (broad SMARTS) is 1. The first kappa shape index (κ1) is 17.1. The van der Waals surface area contributed by atoms with Gasteiger partial charge in [-0.3, -0.25) is 4.79 Å². The summed E-state index contributed by atoms with van der Waals surface area (Å²) in [5.74, 6) is -0.0805. The van der Waals surface area contributed by atoms with Gasteiger partial charge in [-0.15, -0.1) is 11.8 Å². The van der Waals surface area contributed by atoms with Gasteiger partial charge in [0.25, 0.3) is 0 Å². The van der Waals surface area contributed by atoms with Crippen LogP contribution in [0.25, 0.3) is 0 Å². The number of hydrogen-bond donors (Lipinski definition) is 2. The minimum Gasteiger partial charge on any atom is -0.478 e. The van der Waals surface area contributed by atoms with E-state index in [1.165, 1.54) is 17.8 Å². The van der Waals surface area contributed by atoms with E-state index >= 15 is 0 Å². The molecule has 0 unspecified atom stereocenters. The number of carbonyl (C=O) groups is 2. The fourth-order valence-corrected chi connectivity index (χ4v) is 3.04. The lowest BCUT2D eigenvalue weighted by atomic mass is 10.2. The molecule has 0 radical (unpaired) electrons. The highest BCUT2D eigenvalue weighted by Crippen LogP contribution is 2.23. The largest absolute Gasteiger partial charge is 0.478 e. The van der Waals surface area contributed by atoms with Gasteiger partial charge < -0.3 is 14.8 Å². The Kier molecular flexibility index (Phi) is 5.50. The van der Waals surface area contributed by atoms with Crippen molar-refractivity contribution in [2.45, 2.75) is 32.2 Å². The van der Waals surface area contributed by atoms with Crippen LogP contribution in [0.15, 0.2) is 33.6 Å². The van der Waals surface area contributed by atoms with E-state index in [9.17, 15) is 9.59 Å². The van der Waals surface area contributed by atoms with Gasteiger partial charge in [-0.05, 0) is 38.5 Å². The zero-order chi connectivity index (χ0) is 17.0. The minimum absolute atomic E-state index is 0.123. The summed E-state index contributed by atoms with van der Waals surface area (Å²) in [7, 11) is 0. The van der Waals surface area contributed by atoms with Gasteiger partial charge in [0.2, 0.25) is 5.91 Å². The second-order valence-corrected chi connectivity index (χ2v) is 6.34. The van der Waals surface area contributed by atoms with E-state index in [0.29, 0.717) is 17.3 Å². The Morgan fingerprint density at radius 1 is 1.22 bits per heavy atom. The molecule has 5 nitrogen and oxygen atoms in total. The van der Waals surface area contributed by atoms with Crippen molar-refractivity contribution in [3.05, 3.63) is 52.5 Å². The molecule has 0 fully saturated rings. The molecule has 0 saturated heterocycles. The van der Waals surface area contributed by atoms with E-state index < -0.39 is 5.97 Å². The molecule has 6 heteroatoms. The number of thioether (sulfide) groups is 1. The maximum atomic E-state index is 11.9. The van der Waals surface area contributed by atoms with Crippen LogP contribution in [0.4, 0.5) is 0 Å². The molecule has 1 amide bonds. The molecule has 0 saturated carbocycles. The van der Waals surface area contributed by atoms with E-state index in [1.807, 2.05) is 26.0 Å². The Balaban J connectivity index is 1.87. The number of aromatic carboxylic acids is 1. The van der Waals surface area contributed by atoms with Gasteiger partial charge >= 0.3 is 5.97 Å². The molecular weight excluding hydrogens is 314 g/mol. The second-order valence-electron chi connectivity index (χ2n) is 5.32. The maximum Gasteiger partial charge on any atom is 0.339 e. The van der Waals surface area contributed by atoms with Crippen molar-refractivity contribution >= 4 is 23.6 Å². The average molecular weight is 333 g/mol. The zero-order valence-corrected chi connectivity index (χ0v) is 14.1. The van der Waals surface area contributed by atoms with E-state index in [1.54, 1.807) is 6.92 Å². The lowest BCUT2D eigenvalue weighted by Gasteiger charge is -2.07. The van der Waals surface area contributed by atoms with Gasteiger partial charge in [0.1, 0.15) is 17.1 Å². The summed E-state index contributed by atoms with van der Waals surface area (Å²) in [6.45, 7) is 5.80. The first-order chi connectivity index (χ1) is 10.9. The number of furan rings is 1. The predicted molar refractivity (Wildman–Crippen MR) is 88.9 cm³/mol. The molecule has 0 atom stereocenters. The number of amides is 1. The van der Waals surface area contributed by atoms with Crippen LogP contribution in [0.2, 0.25) is 0 Å². The summed E-state index contributed by atoms with van der Waals surface area (Å²) in [5.41, 5.74) is 2.42. The molecule has 23 heavy (non-hydrogen) atoms. The number of benzene rings is 1. The normalized spacial score (nSPS) is 10.6. The van der Waals surface area contributed by atoms with Crippen LogP contribution in [0.5, 0.6) is 0 Å². The SMILES string of the molecule is Cc1ccc(C)c(SCC(=O)NCc2cc(C(=O)O)c(C)o2)c1.